The summed E-state index contributed by atoms with van der Waals surface area (Å²) in [6.07, 6.45) is 1.49. The van der Waals surface area contributed by atoms with Crippen molar-refractivity contribution in [3.05, 3.63) is 89.4 Å². The van der Waals surface area contributed by atoms with E-state index in [1.165, 1.54) is 40.6 Å². The third-order valence-corrected chi connectivity index (χ3v) is 7.07. The van der Waals surface area contributed by atoms with E-state index in [4.69, 9.17) is 20.8 Å². The zero-order chi connectivity index (χ0) is 24.2. The van der Waals surface area contributed by atoms with E-state index in [1.807, 2.05) is 6.92 Å². The van der Waals surface area contributed by atoms with Crippen LogP contribution in [0.1, 0.15) is 21.9 Å². The van der Waals surface area contributed by atoms with Crippen LogP contribution in [0.5, 0.6) is 5.75 Å². The number of rotatable bonds is 9. The van der Waals surface area contributed by atoms with E-state index < -0.39 is 15.9 Å². The number of anilines is 1. The molecule has 1 aromatic heterocycles. The maximum absolute atomic E-state index is 13.5. The number of nitrogens with zero attached hydrogens (tertiary/aromatic N) is 2. The van der Waals surface area contributed by atoms with Gasteiger partial charge in [0, 0.05) is 7.05 Å². The van der Waals surface area contributed by atoms with E-state index in [0.717, 1.165) is 5.76 Å². The highest BCUT2D eigenvalue weighted by molar-refractivity contribution is 7.92. The van der Waals surface area contributed by atoms with Gasteiger partial charge in [-0.25, -0.2) is 8.42 Å². The first-order valence-corrected chi connectivity index (χ1v) is 11.9. The Kier molecular flexibility index (Phi) is 7.50. The summed E-state index contributed by atoms with van der Waals surface area (Å²) < 4.78 is 38.9. The van der Waals surface area contributed by atoms with Gasteiger partial charge in [0.25, 0.3) is 15.9 Å². The van der Waals surface area contributed by atoms with Crippen molar-refractivity contribution in [3.8, 4) is 5.75 Å². The smallest absolute Gasteiger partial charge is 0.264 e. The Balaban J connectivity index is 1.94. The molecular formula is C24H25ClN2O5S. The minimum Gasteiger partial charge on any atom is -0.497 e. The first-order chi connectivity index (χ1) is 15.7. The molecule has 0 aliphatic carbocycles. The van der Waals surface area contributed by atoms with Crippen LogP contribution in [0.15, 0.2) is 76.6 Å². The Labute approximate surface area is 198 Å². The van der Waals surface area contributed by atoms with Crippen LogP contribution in [0.25, 0.3) is 0 Å². The van der Waals surface area contributed by atoms with Gasteiger partial charge in [0.1, 0.15) is 17.3 Å². The minimum atomic E-state index is -4.02. The Morgan fingerprint density at radius 1 is 1.15 bits per heavy atom. The molecule has 1 heterocycles. The summed E-state index contributed by atoms with van der Waals surface area (Å²) >= 11 is 6.27. The number of sulfonamides is 1. The van der Waals surface area contributed by atoms with Gasteiger partial charge >= 0.3 is 0 Å². The molecule has 33 heavy (non-hydrogen) atoms. The van der Waals surface area contributed by atoms with Crippen LogP contribution in [-0.2, 0) is 16.6 Å². The van der Waals surface area contributed by atoms with Gasteiger partial charge in [-0.1, -0.05) is 17.7 Å². The molecule has 3 rings (SSSR count). The van der Waals surface area contributed by atoms with Gasteiger partial charge in [0.15, 0.2) is 0 Å². The van der Waals surface area contributed by atoms with E-state index in [1.54, 1.807) is 43.4 Å². The second-order valence-electron chi connectivity index (χ2n) is 7.34. The Bertz CT molecular complexity index is 1250. The standard InChI is InChI=1S/C24H25ClN2O5S/c1-5-14-27(18-7-10-19(31-4)11-8-18)33(29,30)21-12-13-23(25)22(15-21)24(28)26(3)16-20-9-6-17(2)32-20/h5-13,15H,1,14,16H2,2-4H3. The van der Waals surface area contributed by atoms with E-state index >= 15 is 0 Å². The maximum atomic E-state index is 13.5. The Morgan fingerprint density at radius 2 is 1.85 bits per heavy atom. The number of hydrogen-bond acceptors (Lipinski definition) is 5. The largest absolute Gasteiger partial charge is 0.497 e. The molecule has 0 aliphatic rings. The van der Waals surface area contributed by atoms with Crippen LogP contribution in [0.2, 0.25) is 5.02 Å². The van der Waals surface area contributed by atoms with E-state index in [0.29, 0.717) is 17.2 Å². The molecular weight excluding hydrogens is 464 g/mol. The van der Waals surface area contributed by atoms with Crippen LogP contribution >= 0.6 is 11.6 Å². The SMILES string of the molecule is C=CCN(c1ccc(OC)cc1)S(=O)(=O)c1ccc(Cl)c(C(=O)N(C)Cc2ccc(C)o2)c1. The highest BCUT2D eigenvalue weighted by atomic mass is 35.5. The number of amides is 1. The van der Waals surface area contributed by atoms with Crippen molar-refractivity contribution in [1.82, 2.24) is 4.90 Å². The van der Waals surface area contributed by atoms with Crippen molar-refractivity contribution >= 4 is 33.2 Å². The molecule has 0 aliphatic heterocycles. The fourth-order valence-electron chi connectivity index (χ4n) is 3.25. The molecule has 0 atom stereocenters. The molecule has 0 N–H and O–H groups in total. The summed E-state index contributed by atoms with van der Waals surface area (Å²) in [7, 11) is -0.889. The van der Waals surface area contributed by atoms with Crippen molar-refractivity contribution in [2.24, 2.45) is 0 Å². The molecule has 2 aromatic carbocycles. The first-order valence-electron chi connectivity index (χ1n) is 10.1. The molecule has 3 aromatic rings. The number of aryl methyl sites for hydroxylation is 1. The van der Waals surface area contributed by atoms with Crippen LogP contribution in [-0.4, -0.2) is 39.9 Å². The third-order valence-electron chi connectivity index (χ3n) is 4.95. The molecule has 0 radical (unpaired) electrons. The molecule has 0 unspecified atom stereocenters. The third kappa shape index (κ3) is 5.40. The van der Waals surface area contributed by atoms with E-state index in [9.17, 15) is 13.2 Å². The van der Waals surface area contributed by atoms with Gasteiger partial charge in [0.05, 0.1) is 41.4 Å². The first kappa shape index (κ1) is 24.4. The van der Waals surface area contributed by atoms with E-state index in [-0.39, 0.29) is 28.6 Å². The molecule has 1 amide bonds. The lowest BCUT2D eigenvalue weighted by Gasteiger charge is -2.24. The predicted octanol–water partition coefficient (Wildman–Crippen LogP) is 4.90. The van der Waals surface area contributed by atoms with Gasteiger partial charge < -0.3 is 14.1 Å². The van der Waals surface area contributed by atoms with Gasteiger partial charge in [-0.3, -0.25) is 9.10 Å². The summed E-state index contributed by atoms with van der Waals surface area (Å²) in [6.45, 7) is 5.74. The number of benzene rings is 2. The van der Waals surface area contributed by atoms with Crippen LogP contribution in [0.4, 0.5) is 5.69 Å². The van der Waals surface area contributed by atoms with Crippen LogP contribution < -0.4 is 9.04 Å². The molecule has 0 bridgehead atoms. The topological polar surface area (TPSA) is 80.1 Å². The number of halogens is 1. The Hall–Kier alpha value is -3.23. The Morgan fingerprint density at radius 3 is 2.42 bits per heavy atom. The van der Waals surface area contributed by atoms with Crippen LogP contribution in [0, 0.1) is 6.92 Å². The highest BCUT2D eigenvalue weighted by Crippen LogP contribution is 2.29. The number of furan rings is 1. The summed E-state index contributed by atoms with van der Waals surface area (Å²) in [5.41, 5.74) is 0.514. The monoisotopic (exact) mass is 488 g/mol. The minimum absolute atomic E-state index is 0.0400. The van der Waals surface area contributed by atoms with Gasteiger partial charge in [-0.15, -0.1) is 6.58 Å². The van der Waals surface area contributed by atoms with Gasteiger partial charge in [-0.2, -0.15) is 0 Å². The molecule has 0 fully saturated rings. The quantitative estimate of drug-likeness (QED) is 0.400. The fourth-order valence-corrected chi connectivity index (χ4v) is 4.91. The molecule has 7 nitrogen and oxygen atoms in total. The predicted molar refractivity (Wildman–Crippen MR) is 128 cm³/mol. The molecule has 0 saturated carbocycles. The number of methoxy groups -OCH3 is 1. The van der Waals surface area contributed by atoms with E-state index in [2.05, 4.69) is 6.58 Å². The molecule has 9 heteroatoms. The maximum Gasteiger partial charge on any atom is 0.264 e. The van der Waals surface area contributed by atoms with Crippen molar-refractivity contribution in [3.63, 3.8) is 0 Å². The zero-order valence-corrected chi connectivity index (χ0v) is 20.2. The summed E-state index contributed by atoms with van der Waals surface area (Å²) in [5.74, 6) is 1.52. The van der Waals surface area contributed by atoms with Crippen molar-refractivity contribution < 1.29 is 22.4 Å². The summed E-state index contributed by atoms with van der Waals surface area (Å²) in [4.78, 5) is 14.4. The number of carbonyl (C=O) groups is 1. The van der Waals surface area contributed by atoms with Gasteiger partial charge in [0.2, 0.25) is 0 Å². The lowest BCUT2D eigenvalue weighted by atomic mass is 10.2. The zero-order valence-electron chi connectivity index (χ0n) is 18.6. The van der Waals surface area contributed by atoms with Crippen molar-refractivity contribution in [2.45, 2.75) is 18.4 Å². The van der Waals surface area contributed by atoms with Gasteiger partial charge in [-0.05, 0) is 61.5 Å². The number of carbonyl (C=O) groups excluding carboxylic acids is 1. The second kappa shape index (κ2) is 10.1. The average molecular weight is 489 g/mol. The normalized spacial score (nSPS) is 11.2. The lowest BCUT2D eigenvalue weighted by Crippen LogP contribution is -2.32. The second-order valence-corrected chi connectivity index (χ2v) is 9.61. The lowest BCUT2D eigenvalue weighted by molar-refractivity contribution is 0.0775. The number of ether oxygens (including phenoxy) is 1. The van der Waals surface area contributed by atoms with Crippen molar-refractivity contribution in [2.75, 3.05) is 25.0 Å². The summed E-state index contributed by atoms with van der Waals surface area (Å²) in [6, 6.07) is 14.3. The summed E-state index contributed by atoms with van der Waals surface area (Å²) in [5, 5.41) is 0.154. The fraction of sp³-hybridized carbons (Fsp3) is 0.208. The highest BCUT2D eigenvalue weighted by Gasteiger charge is 2.27. The molecule has 0 spiro atoms. The van der Waals surface area contributed by atoms with Crippen molar-refractivity contribution in [1.29, 1.82) is 0 Å². The average Bonchev–Trinajstić information content (AvgIpc) is 3.21. The number of hydrogen-bond donors (Lipinski definition) is 0. The van der Waals surface area contributed by atoms with Crippen LogP contribution in [0.3, 0.4) is 0 Å². The molecule has 174 valence electrons. The molecule has 0 saturated heterocycles.